The second-order valence-corrected chi connectivity index (χ2v) is 8.20. The van der Waals surface area contributed by atoms with Crippen molar-refractivity contribution in [1.29, 1.82) is 0 Å². The predicted octanol–water partition coefficient (Wildman–Crippen LogP) is 2.55. The number of aliphatic hydroxyl groups excluding tert-OH is 2. The van der Waals surface area contributed by atoms with Gasteiger partial charge in [-0.05, 0) is 41.2 Å². The fourth-order valence-electron chi connectivity index (χ4n) is 4.10. The molecular weight excluding hydrogens is 357 g/mol. The summed E-state index contributed by atoms with van der Waals surface area (Å²) < 4.78 is 5.92. The molecule has 0 aromatic heterocycles. The molecule has 2 aliphatic rings. The molecule has 3 unspecified atom stereocenters. The van der Waals surface area contributed by atoms with Gasteiger partial charge in [0.1, 0.15) is 0 Å². The summed E-state index contributed by atoms with van der Waals surface area (Å²) in [6.45, 7) is -0.0942. The molecule has 2 aromatic carbocycles. The third kappa shape index (κ3) is 3.84. The Morgan fingerprint density at radius 3 is 2.70 bits per heavy atom. The Kier molecular flexibility index (Phi) is 5.15. The summed E-state index contributed by atoms with van der Waals surface area (Å²) in [5.74, 6) is 0. The van der Waals surface area contributed by atoms with Crippen LogP contribution < -0.4 is 0 Å². The first-order valence-electron chi connectivity index (χ1n) is 9.28. The molecule has 1 aliphatic heterocycles. The van der Waals surface area contributed by atoms with Crippen molar-refractivity contribution < 1.29 is 14.9 Å². The van der Waals surface area contributed by atoms with Crippen molar-refractivity contribution in [2.75, 3.05) is 6.61 Å². The highest BCUT2D eigenvalue weighted by atomic mass is 35.5. The molecular formula is C21H21B2ClO3. The molecule has 0 spiro atoms. The molecule has 1 aliphatic carbocycles. The van der Waals surface area contributed by atoms with Crippen molar-refractivity contribution in [1.82, 2.24) is 0 Å². The van der Waals surface area contributed by atoms with E-state index in [1.165, 1.54) is 5.56 Å². The van der Waals surface area contributed by atoms with Crippen molar-refractivity contribution in [3.8, 4) is 0 Å². The van der Waals surface area contributed by atoms with E-state index in [9.17, 15) is 10.2 Å². The molecule has 27 heavy (non-hydrogen) atoms. The number of ether oxygens (including phenoxy) is 1. The Balaban J connectivity index is 1.57. The summed E-state index contributed by atoms with van der Waals surface area (Å²) in [6.07, 6.45) is 1.27. The monoisotopic (exact) mass is 378 g/mol. The summed E-state index contributed by atoms with van der Waals surface area (Å²) in [4.78, 5) is 0. The average molecular weight is 378 g/mol. The standard InChI is InChI=1S/C21H21B2ClO3/c22-21(23)10-14-2-1-12(6-18(14)21)5-15-7-13(3-4-19(15)24)20-9-16(26)8-17(11-25)27-20/h1-4,6-7,16-17,20,25-26H,5,8-11H2. The maximum absolute atomic E-state index is 10.1. The average Bonchev–Trinajstić information content (AvgIpc) is 2.63. The number of halogens is 1. The van der Waals surface area contributed by atoms with Gasteiger partial charge in [-0.3, -0.25) is 0 Å². The van der Waals surface area contributed by atoms with E-state index in [0.29, 0.717) is 30.7 Å². The highest BCUT2D eigenvalue weighted by Gasteiger charge is 2.32. The third-order valence-electron chi connectivity index (χ3n) is 5.58. The Hall–Kier alpha value is -1.26. The SMILES string of the molecule is [B]C1([B])Cc2ccc(Cc3cc(C4CC(O)CC(CO)O4)ccc3Cl)cc21. The smallest absolute Gasteiger partial charge is 0.0854 e. The second kappa shape index (κ2) is 7.29. The van der Waals surface area contributed by atoms with Gasteiger partial charge in [0.05, 0.1) is 40.6 Å². The fourth-order valence-corrected chi connectivity index (χ4v) is 4.28. The first kappa shape index (κ1) is 19.1. The van der Waals surface area contributed by atoms with E-state index in [0.717, 1.165) is 22.3 Å². The summed E-state index contributed by atoms with van der Waals surface area (Å²) in [5, 5.41) is 19.4. The lowest BCUT2D eigenvalue weighted by molar-refractivity contribution is -0.113. The summed E-state index contributed by atoms with van der Waals surface area (Å²) in [5.41, 5.74) is 5.24. The molecule has 0 amide bonds. The fraction of sp³-hybridized carbons (Fsp3) is 0.429. The molecule has 1 heterocycles. The molecule has 0 bridgehead atoms. The molecule has 6 heteroatoms. The molecule has 1 saturated heterocycles. The zero-order chi connectivity index (χ0) is 19.2. The van der Waals surface area contributed by atoms with Crippen LogP contribution in [0.25, 0.3) is 0 Å². The topological polar surface area (TPSA) is 49.7 Å². The second-order valence-electron chi connectivity index (χ2n) is 7.79. The maximum Gasteiger partial charge on any atom is 0.0854 e. The summed E-state index contributed by atoms with van der Waals surface area (Å²) >= 11 is 6.43. The van der Waals surface area contributed by atoms with E-state index >= 15 is 0 Å². The lowest BCUT2D eigenvalue weighted by Crippen LogP contribution is -2.39. The zero-order valence-corrected chi connectivity index (χ0v) is 15.8. The first-order valence-corrected chi connectivity index (χ1v) is 9.66. The Labute approximate surface area is 167 Å². The van der Waals surface area contributed by atoms with Crippen LogP contribution in [0.2, 0.25) is 5.02 Å². The van der Waals surface area contributed by atoms with Crippen molar-refractivity contribution in [2.45, 2.75) is 49.2 Å². The van der Waals surface area contributed by atoms with Gasteiger partial charge in [-0.25, -0.2) is 0 Å². The molecule has 3 nitrogen and oxygen atoms in total. The van der Waals surface area contributed by atoms with E-state index in [4.69, 9.17) is 32.0 Å². The van der Waals surface area contributed by atoms with Gasteiger partial charge in [-0.1, -0.05) is 52.7 Å². The minimum Gasteiger partial charge on any atom is -0.394 e. The van der Waals surface area contributed by atoms with Crippen LogP contribution in [-0.4, -0.2) is 44.7 Å². The number of benzene rings is 2. The van der Waals surface area contributed by atoms with Crippen molar-refractivity contribution in [3.05, 3.63) is 69.2 Å². The lowest BCUT2D eigenvalue weighted by Gasteiger charge is -2.39. The number of hydrogen-bond acceptors (Lipinski definition) is 3. The predicted molar refractivity (Wildman–Crippen MR) is 108 cm³/mol. The van der Waals surface area contributed by atoms with Gasteiger partial charge in [0, 0.05) is 17.9 Å². The lowest BCUT2D eigenvalue weighted by atomic mass is 9.42. The van der Waals surface area contributed by atoms with E-state index in [2.05, 4.69) is 18.2 Å². The van der Waals surface area contributed by atoms with Crippen LogP contribution in [0.1, 0.15) is 46.8 Å². The number of hydrogen-bond donors (Lipinski definition) is 2. The molecule has 4 rings (SSSR count). The van der Waals surface area contributed by atoms with Gasteiger partial charge in [-0.2, -0.15) is 0 Å². The van der Waals surface area contributed by atoms with Gasteiger partial charge in [0.25, 0.3) is 0 Å². The Morgan fingerprint density at radius 1 is 1.15 bits per heavy atom. The molecule has 3 atom stereocenters. The van der Waals surface area contributed by atoms with Gasteiger partial charge in [-0.15, -0.1) is 0 Å². The Bertz CT molecular complexity index is 855. The molecule has 4 radical (unpaired) electrons. The van der Waals surface area contributed by atoms with Crippen LogP contribution in [0.3, 0.4) is 0 Å². The van der Waals surface area contributed by atoms with Crippen LogP contribution in [0.15, 0.2) is 36.4 Å². The van der Waals surface area contributed by atoms with Crippen LogP contribution in [0.5, 0.6) is 0 Å². The summed E-state index contributed by atoms with van der Waals surface area (Å²) in [7, 11) is 12.2. The van der Waals surface area contributed by atoms with Crippen molar-refractivity contribution >= 4 is 27.3 Å². The van der Waals surface area contributed by atoms with E-state index in [1.807, 2.05) is 18.2 Å². The number of fused-ring (bicyclic) bond motifs is 1. The number of rotatable bonds is 4. The minimum absolute atomic E-state index is 0.0942. The third-order valence-corrected chi connectivity index (χ3v) is 5.95. The molecule has 1 fully saturated rings. The maximum atomic E-state index is 10.1. The van der Waals surface area contributed by atoms with E-state index < -0.39 is 11.3 Å². The normalized spacial score (nSPS) is 26.3. The van der Waals surface area contributed by atoms with Crippen LogP contribution in [0.4, 0.5) is 0 Å². The van der Waals surface area contributed by atoms with Crippen LogP contribution in [0, 0.1) is 0 Å². The number of aliphatic hydroxyl groups is 2. The van der Waals surface area contributed by atoms with E-state index in [-0.39, 0.29) is 18.8 Å². The summed E-state index contributed by atoms with van der Waals surface area (Å²) in [6, 6.07) is 12.0. The van der Waals surface area contributed by atoms with Crippen LogP contribution in [-0.2, 0) is 22.8 Å². The molecule has 136 valence electrons. The molecule has 2 aromatic rings. The molecule has 2 N–H and O–H groups in total. The van der Waals surface area contributed by atoms with Gasteiger partial charge in [0.15, 0.2) is 0 Å². The molecule has 0 saturated carbocycles. The van der Waals surface area contributed by atoms with E-state index in [1.54, 1.807) is 0 Å². The van der Waals surface area contributed by atoms with Gasteiger partial charge >= 0.3 is 0 Å². The van der Waals surface area contributed by atoms with Gasteiger partial charge in [0.2, 0.25) is 0 Å². The van der Waals surface area contributed by atoms with Crippen molar-refractivity contribution in [3.63, 3.8) is 0 Å². The van der Waals surface area contributed by atoms with Crippen LogP contribution >= 0.6 is 11.6 Å². The first-order chi connectivity index (χ1) is 12.9. The Morgan fingerprint density at radius 2 is 1.96 bits per heavy atom. The highest BCUT2D eigenvalue weighted by Crippen LogP contribution is 2.38. The largest absolute Gasteiger partial charge is 0.394 e. The zero-order valence-electron chi connectivity index (χ0n) is 15.1. The van der Waals surface area contributed by atoms with Gasteiger partial charge < -0.3 is 14.9 Å². The quantitative estimate of drug-likeness (QED) is 0.804. The minimum atomic E-state index is -0.734. The van der Waals surface area contributed by atoms with Crippen molar-refractivity contribution in [2.24, 2.45) is 0 Å². The highest BCUT2D eigenvalue weighted by molar-refractivity contribution is 6.41.